The average molecular weight is 432 g/mol. The van der Waals surface area contributed by atoms with Gasteiger partial charge in [0.1, 0.15) is 6.04 Å². The first-order valence-electron chi connectivity index (χ1n) is 11.5. The zero-order valence-electron chi connectivity index (χ0n) is 19.3. The Morgan fingerprint density at radius 2 is 1.39 bits per heavy atom. The maximum absolute atomic E-state index is 10.4. The quantitative estimate of drug-likeness (QED) is 0.196. The van der Waals surface area contributed by atoms with Gasteiger partial charge in [-0.1, -0.05) is 100 Å². The van der Waals surface area contributed by atoms with Crippen molar-refractivity contribution in [2.24, 2.45) is 0 Å². The van der Waals surface area contributed by atoms with Crippen LogP contribution < -0.4 is 0 Å². The number of carbonyl (C=O) groups is 2. The summed E-state index contributed by atoms with van der Waals surface area (Å²) in [4.78, 5) is 22.4. The van der Waals surface area contributed by atoms with Crippen LogP contribution in [0.15, 0.2) is 60.8 Å². The molecule has 1 unspecified atom stereocenters. The fourth-order valence-corrected chi connectivity index (χ4v) is 3.14. The molecular weight excluding hydrogens is 390 g/mol. The number of hydrogen-bond donors (Lipinski definition) is 2. The molecule has 0 radical (unpaired) electrons. The average Bonchev–Trinajstić information content (AvgIpc) is 3.17. The predicted octanol–water partition coefficient (Wildman–Crippen LogP) is 6.16. The molecule has 0 bridgehead atoms. The molecule has 5 heteroatoms. The Morgan fingerprint density at radius 1 is 0.839 bits per heavy atom. The summed E-state index contributed by atoms with van der Waals surface area (Å²) in [6.45, 7) is 3.18. The molecule has 0 aromatic heterocycles. The minimum absolute atomic E-state index is 0.218. The van der Waals surface area contributed by atoms with Crippen LogP contribution in [0.1, 0.15) is 71.1 Å². The normalized spacial score (nSPS) is 17.4. The van der Waals surface area contributed by atoms with Crippen LogP contribution in [0.4, 0.5) is 0 Å². The molecule has 174 valence electrons. The summed E-state index contributed by atoms with van der Waals surface area (Å²) in [6.07, 6.45) is 30.6. The standard InChI is InChI=1S/C20H30O2.C6H11NO2/c1-2-3-4-5-6-7-8-9-10-11-12-13-14-15-16-17-18-19-20(21)22;1-7-4-2-3-5(7)6(8)9/h10-19H,2-9H2,1H3,(H,21,22);5H,2-4H2,1H3,(H,8,9)/b11-10+,13-12+,15-14+,17-16+,19-18+;. The number of rotatable bonds is 14. The van der Waals surface area contributed by atoms with Crippen molar-refractivity contribution in [3.05, 3.63) is 60.8 Å². The van der Waals surface area contributed by atoms with Crippen LogP contribution in [0.2, 0.25) is 0 Å². The zero-order chi connectivity index (χ0) is 23.2. The highest BCUT2D eigenvalue weighted by molar-refractivity contribution is 5.80. The maximum atomic E-state index is 10.4. The molecule has 1 rings (SSSR count). The first-order chi connectivity index (χ1) is 15.0. The van der Waals surface area contributed by atoms with Crippen LogP contribution in [0, 0.1) is 0 Å². The SMILES string of the molecule is CCCCCCCCC/C=C/C=C/C=C/C=C/C=C/C(=O)O.CN1CCCC1C(=O)O. The Kier molecular flexibility index (Phi) is 19.2. The molecule has 1 saturated heterocycles. The smallest absolute Gasteiger partial charge is 0.328 e. The van der Waals surface area contributed by atoms with E-state index >= 15 is 0 Å². The van der Waals surface area contributed by atoms with Crippen molar-refractivity contribution in [1.82, 2.24) is 4.90 Å². The van der Waals surface area contributed by atoms with Crippen LogP contribution in [0.3, 0.4) is 0 Å². The Labute approximate surface area is 188 Å². The summed E-state index contributed by atoms with van der Waals surface area (Å²) in [7, 11) is 1.85. The summed E-state index contributed by atoms with van der Waals surface area (Å²) in [5.41, 5.74) is 0. The maximum Gasteiger partial charge on any atom is 0.328 e. The minimum atomic E-state index is -0.931. The summed E-state index contributed by atoms with van der Waals surface area (Å²) in [5.74, 6) is -1.62. The van der Waals surface area contributed by atoms with Crippen molar-refractivity contribution in [3.63, 3.8) is 0 Å². The first-order valence-corrected chi connectivity index (χ1v) is 11.5. The second-order valence-corrected chi connectivity index (χ2v) is 7.67. The van der Waals surface area contributed by atoms with Gasteiger partial charge in [0.25, 0.3) is 0 Å². The van der Waals surface area contributed by atoms with Gasteiger partial charge in [-0.2, -0.15) is 0 Å². The van der Waals surface area contributed by atoms with E-state index in [-0.39, 0.29) is 6.04 Å². The molecule has 1 atom stereocenters. The number of unbranched alkanes of at least 4 members (excludes halogenated alkanes) is 7. The van der Waals surface area contributed by atoms with Crippen LogP contribution >= 0.6 is 0 Å². The first kappa shape index (κ1) is 28.6. The van der Waals surface area contributed by atoms with Crippen molar-refractivity contribution in [3.8, 4) is 0 Å². The van der Waals surface area contributed by atoms with Gasteiger partial charge in [-0.05, 0) is 39.3 Å². The number of allylic oxidation sites excluding steroid dienone is 9. The minimum Gasteiger partial charge on any atom is -0.480 e. The van der Waals surface area contributed by atoms with E-state index < -0.39 is 11.9 Å². The third-order valence-electron chi connectivity index (χ3n) is 4.93. The van der Waals surface area contributed by atoms with E-state index in [9.17, 15) is 9.59 Å². The molecular formula is C26H41NO4. The third-order valence-corrected chi connectivity index (χ3v) is 4.93. The van der Waals surface area contributed by atoms with Gasteiger partial charge in [-0.3, -0.25) is 9.69 Å². The van der Waals surface area contributed by atoms with E-state index in [1.165, 1.54) is 51.0 Å². The summed E-state index contributed by atoms with van der Waals surface area (Å²) in [6, 6.07) is -0.218. The van der Waals surface area contributed by atoms with Crippen molar-refractivity contribution in [2.75, 3.05) is 13.6 Å². The van der Waals surface area contributed by atoms with E-state index in [0.29, 0.717) is 0 Å². The van der Waals surface area contributed by atoms with Gasteiger partial charge in [0.05, 0.1) is 0 Å². The van der Waals surface area contributed by atoms with Gasteiger partial charge in [0.15, 0.2) is 0 Å². The lowest BCUT2D eigenvalue weighted by Crippen LogP contribution is -2.32. The van der Waals surface area contributed by atoms with Crippen molar-refractivity contribution < 1.29 is 19.8 Å². The lowest BCUT2D eigenvalue weighted by Gasteiger charge is -2.13. The highest BCUT2D eigenvalue weighted by atomic mass is 16.4. The molecule has 0 aromatic carbocycles. The number of hydrogen-bond acceptors (Lipinski definition) is 3. The molecule has 1 heterocycles. The molecule has 0 aromatic rings. The molecule has 0 spiro atoms. The number of likely N-dealkylation sites (N-methyl/N-ethyl adjacent to an activating group) is 1. The second kappa shape index (κ2) is 20.9. The van der Waals surface area contributed by atoms with Crippen molar-refractivity contribution >= 4 is 11.9 Å². The number of carboxylic acid groups (broad SMARTS) is 2. The molecule has 1 aliphatic rings. The second-order valence-electron chi connectivity index (χ2n) is 7.67. The molecule has 0 saturated carbocycles. The number of nitrogens with zero attached hydrogens (tertiary/aromatic N) is 1. The molecule has 0 amide bonds. The van der Waals surface area contributed by atoms with Gasteiger partial charge in [-0.15, -0.1) is 0 Å². The van der Waals surface area contributed by atoms with Crippen LogP contribution in [0.25, 0.3) is 0 Å². The van der Waals surface area contributed by atoms with Crippen molar-refractivity contribution in [1.29, 1.82) is 0 Å². The summed E-state index contributed by atoms with van der Waals surface area (Å²) in [5, 5.41) is 16.9. The van der Waals surface area contributed by atoms with Gasteiger partial charge in [0, 0.05) is 6.08 Å². The largest absolute Gasteiger partial charge is 0.480 e. The van der Waals surface area contributed by atoms with Gasteiger partial charge < -0.3 is 10.2 Å². The molecule has 2 N–H and O–H groups in total. The molecule has 5 nitrogen and oxygen atoms in total. The molecule has 31 heavy (non-hydrogen) atoms. The number of aliphatic carboxylic acids is 2. The molecule has 1 fully saturated rings. The number of carboxylic acids is 2. The zero-order valence-corrected chi connectivity index (χ0v) is 19.3. The lowest BCUT2D eigenvalue weighted by atomic mass is 10.1. The third kappa shape index (κ3) is 19.3. The van der Waals surface area contributed by atoms with E-state index in [0.717, 1.165) is 31.9 Å². The fourth-order valence-electron chi connectivity index (χ4n) is 3.14. The highest BCUT2D eigenvalue weighted by Gasteiger charge is 2.26. The summed E-state index contributed by atoms with van der Waals surface area (Å²) >= 11 is 0. The van der Waals surface area contributed by atoms with E-state index in [4.69, 9.17) is 10.2 Å². The highest BCUT2D eigenvalue weighted by Crippen LogP contribution is 2.14. The van der Waals surface area contributed by atoms with Crippen molar-refractivity contribution in [2.45, 2.75) is 77.2 Å². The number of likely N-dealkylation sites (tertiary alicyclic amines) is 1. The van der Waals surface area contributed by atoms with Crippen LogP contribution in [-0.2, 0) is 9.59 Å². The fraction of sp³-hybridized carbons (Fsp3) is 0.538. The molecule has 0 aliphatic carbocycles. The predicted molar refractivity (Wildman–Crippen MR) is 129 cm³/mol. The van der Waals surface area contributed by atoms with Gasteiger partial charge in [0.2, 0.25) is 0 Å². The van der Waals surface area contributed by atoms with E-state index in [1.807, 2.05) is 36.3 Å². The summed E-state index contributed by atoms with van der Waals surface area (Å²) < 4.78 is 0. The van der Waals surface area contributed by atoms with E-state index in [2.05, 4.69) is 19.1 Å². The Bertz CT molecular complexity index is 617. The van der Waals surface area contributed by atoms with Crippen LogP contribution in [0.5, 0.6) is 0 Å². The lowest BCUT2D eigenvalue weighted by molar-refractivity contribution is -0.141. The Hall–Kier alpha value is -2.40. The van der Waals surface area contributed by atoms with E-state index in [1.54, 1.807) is 12.2 Å². The Balaban J connectivity index is 0.000000823. The monoisotopic (exact) mass is 431 g/mol. The van der Waals surface area contributed by atoms with Gasteiger partial charge in [-0.25, -0.2) is 4.79 Å². The molecule has 1 aliphatic heterocycles. The van der Waals surface area contributed by atoms with Crippen LogP contribution in [-0.4, -0.2) is 46.7 Å². The van der Waals surface area contributed by atoms with Gasteiger partial charge >= 0.3 is 11.9 Å². The Morgan fingerprint density at radius 3 is 1.87 bits per heavy atom. The topological polar surface area (TPSA) is 77.8 Å².